The average molecular weight is 737 g/mol. The van der Waals surface area contributed by atoms with Gasteiger partial charge in [-0.25, -0.2) is 24.1 Å². The summed E-state index contributed by atoms with van der Waals surface area (Å²) in [4.78, 5) is 31.4. The second-order valence-electron chi connectivity index (χ2n) is 9.12. The fraction of sp³-hybridized carbons (Fsp3) is 0.308. The van der Waals surface area contributed by atoms with Crippen molar-refractivity contribution in [3.05, 3.63) is 77.7 Å². The number of aromatic nitrogens is 6. The van der Waals surface area contributed by atoms with E-state index in [1.807, 2.05) is 24.3 Å². The van der Waals surface area contributed by atoms with Gasteiger partial charge in [-0.05, 0) is 121 Å². The first-order chi connectivity index (χ1) is 18.3. The minimum atomic E-state index is -0.956. The van der Waals surface area contributed by atoms with E-state index in [1.54, 1.807) is 21.8 Å². The highest BCUT2D eigenvalue weighted by atomic mass is 127. The monoisotopic (exact) mass is 737 g/mol. The summed E-state index contributed by atoms with van der Waals surface area (Å²) in [5, 5.41) is 17.9. The highest BCUT2D eigenvalue weighted by molar-refractivity contribution is 14.1. The van der Waals surface area contributed by atoms with Gasteiger partial charge in [0, 0.05) is 30.7 Å². The molecule has 2 aliphatic carbocycles. The van der Waals surface area contributed by atoms with Gasteiger partial charge in [-0.15, -0.1) is 0 Å². The summed E-state index contributed by atoms with van der Waals surface area (Å²) in [5.41, 5.74) is 9.95. The number of pyridine rings is 2. The Kier molecular flexibility index (Phi) is 8.07. The zero-order valence-electron chi connectivity index (χ0n) is 20.4. The van der Waals surface area contributed by atoms with Gasteiger partial charge in [0.15, 0.2) is 23.0 Å². The molecule has 0 bridgehead atoms. The predicted molar refractivity (Wildman–Crippen MR) is 157 cm³/mol. The van der Waals surface area contributed by atoms with E-state index in [9.17, 15) is 14.7 Å². The van der Waals surface area contributed by atoms with Crippen LogP contribution in [-0.4, -0.2) is 46.5 Å². The van der Waals surface area contributed by atoms with Gasteiger partial charge in [0.25, 0.3) is 5.91 Å². The molecule has 38 heavy (non-hydrogen) atoms. The van der Waals surface area contributed by atoms with E-state index in [4.69, 9.17) is 5.73 Å². The Balaban J connectivity index is 0.000000155. The number of aromatic carboxylic acids is 1. The number of amides is 1. The first-order valence-corrected chi connectivity index (χ1v) is 14.5. The van der Waals surface area contributed by atoms with E-state index in [0.717, 1.165) is 86.8 Å². The third kappa shape index (κ3) is 5.46. The van der Waals surface area contributed by atoms with Crippen molar-refractivity contribution >= 4 is 57.1 Å². The molecule has 4 heterocycles. The van der Waals surface area contributed by atoms with Gasteiger partial charge in [0.05, 0.1) is 11.4 Å². The van der Waals surface area contributed by atoms with E-state index in [-0.39, 0.29) is 5.69 Å². The SMILES string of the molecule is NC(=O)c1nn(-c2cc(I)ccn2)c2c1CCCC2.O=C(O)c1nn(-c2cc(I)ccn2)c2c1CCCC2. The number of nitrogens with two attached hydrogens (primary N) is 1. The van der Waals surface area contributed by atoms with Gasteiger partial charge in [-0.1, -0.05) is 0 Å². The molecule has 0 unspecified atom stereocenters. The lowest BCUT2D eigenvalue weighted by Gasteiger charge is -2.13. The smallest absolute Gasteiger partial charge is 0.356 e. The Hall–Kier alpha value is -2.88. The molecule has 0 saturated heterocycles. The summed E-state index contributed by atoms with van der Waals surface area (Å²) >= 11 is 4.45. The third-order valence-corrected chi connectivity index (χ3v) is 7.99. The number of carboxylic acid groups (broad SMARTS) is 1. The van der Waals surface area contributed by atoms with Crippen molar-refractivity contribution in [2.75, 3.05) is 0 Å². The molecule has 196 valence electrons. The van der Waals surface area contributed by atoms with Gasteiger partial charge in [0.1, 0.15) is 0 Å². The molecule has 1 amide bonds. The summed E-state index contributed by atoms with van der Waals surface area (Å²) in [5.74, 6) is 0.0279. The number of hydrogen-bond donors (Lipinski definition) is 2. The fourth-order valence-corrected chi connectivity index (χ4v) is 5.84. The molecule has 0 spiro atoms. The molecule has 12 heteroatoms. The van der Waals surface area contributed by atoms with Crippen molar-refractivity contribution in [1.29, 1.82) is 0 Å². The second-order valence-corrected chi connectivity index (χ2v) is 11.6. The van der Waals surface area contributed by atoms with Gasteiger partial charge >= 0.3 is 5.97 Å². The first-order valence-electron chi connectivity index (χ1n) is 12.3. The summed E-state index contributed by atoms with van der Waals surface area (Å²) < 4.78 is 5.61. The number of carbonyl (C=O) groups is 2. The molecule has 6 rings (SSSR count). The maximum absolute atomic E-state index is 11.5. The third-order valence-electron chi connectivity index (χ3n) is 6.65. The fourth-order valence-electron chi connectivity index (χ4n) is 4.97. The molecule has 0 saturated carbocycles. The Morgan fingerprint density at radius 3 is 1.66 bits per heavy atom. The lowest BCUT2D eigenvalue weighted by Crippen LogP contribution is -2.15. The van der Waals surface area contributed by atoms with Crippen LogP contribution in [0.5, 0.6) is 0 Å². The first kappa shape index (κ1) is 26.7. The second kappa shape index (κ2) is 11.5. The van der Waals surface area contributed by atoms with Crippen LogP contribution in [0.25, 0.3) is 11.6 Å². The number of halogens is 2. The summed E-state index contributed by atoms with van der Waals surface area (Å²) in [6.45, 7) is 0. The highest BCUT2D eigenvalue weighted by Gasteiger charge is 2.26. The van der Waals surface area contributed by atoms with Gasteiger partial charge < -0.3 is 10.8 Å². The number of carboxylic acids is 1. The van der Waals surface area contributed by atoms with Crippen molar-refractivity contribution in [1.82, 2.24) is 29.5 Å². The standard InChI is InChI=1S/C13H13IN4O.C13H12IN3O2/c14-8-5-6-16-11(7-8)18-10-4-2-1-3-9(10)12(17-18)13(15)19;14-8-5-6-15-11(7-8)17-10-4-2-1-3-9(10)12(16-17)13(18)19/h5-7H,1-4H2,(H2,15,19);5-7H,1-4H2,(H,18,19). The number of fused-ring (bicyclic) bond motifs is 2. The van der Waals surface area contributed by atoms with Crippen LogP contribution in [0.4, 0.5) is 0 Å². The summed E-state index contributed by atoms with van der Waals surface area (Å²) in [6, 6.07) is 7.69. The molecule has 0 fully saturated rings. The average Bonchev–Trinajstić information content (AvgIpc) is 3.49. The van der Waals surface area contributed by atoms with Crippen molar-refractivity contribution in [2.24, 2.45) is 5.73 Å². The summed E-state index contributed by atoms with van der Waals surface area (Å²) in [6.07, 6.45) is 11.2. The highest BCUT2D eigenvalue weighted by Crippen LogP contribution is 2.28. The van der Waals surface area contributed by atoms with Crippen molar-refractivity contribution in [3.8, 4) is 11.6 Å². The van der Waals surface area contributed by atoms with Crippen LogP contribution in [0.15, 0.2) is 36.7 Å². The van der Waals surface area contributed by atoms with Crippen LogP contribution < -0.4 is 5.73 Å². The molecule has 0 radical (unpaired) electrons. The zero-order valence-corrected chi connectivity index (χ0v) is 24.7. The van der Waals surface area contributed by atoms with E-state index in [0.29, 0.717) is 11.5 Å². The topological polar surface area (TPSA) is 142 Å². The van der Waals surface area contributed by atoms with E-state index in [2.05, 4.69) is 65.3 Å². The lowest BCUT2D eigenvalue weighted by molar-refractivity contribution is 0.0688. The number of rotatable bonds is 4. The summed E-state index contributed by atoms with van der Waals surface area (Å²) in [7, 11) is 0. The Morgan fingerprint density at radius 1 is 0.763 bits per heavy atom. The molecule has 10 nitrogen and oxygen atoms in total. The molecule has 0 aliphatic heterocycles. The maximum Gasteiger partial charge on any atom is 0.356 e. The molecule has 4 aromatic rings. The lowest BCUT2D eigenvalue weighted by atomic mass is 9.95. The number of nitrogens with zero attached hydrogens (tertiary/aromatic N) is 6. The number of carbonyl (C=O) groups excluding carboxylic acids is 1. The molecule has 0 atom stereocenters. The molecule has 3 N–H and O–H groups in total. The largest absolute Gasteiger partial charge is 0.476 e. The minimum Gasteiger partial charge on any atom is -0.476 e. The Labute approximate surface area is 246 Å². The van der Waals surface area contributed by atoms with Crippen LogP contribution in [-0.2, 0) is 25.7 Å². The van der Waals surface area contributed by atoms with Crippen molar-refractivity contribution in [3.63, 3.8) is 0 Å². The maximum atomic E-state index is 11.5. The minimum absolute atomic E-state index is 0.176. The number of hydrogen-bond acceptors (Lipinski definition) is 6. The predicted octanol–water partition coefficient (Wildman–Crippen LogP) is 4.30. The number of primary amides is 1. The van der Waals surface area contributed by atoms with Gasteiger partial charge in [-0.3, -0.25) is 4.79 Å². The molecule has 4 aromatic heterocycles. The quantitative estimate of drug-likeness (QED) is 0.298. The van der Waals surface area contributed by atoms with E-state index >= 15 is 0 Å². The molecular formula is C26H25I2N7O3. The molecule has 0 aromatic carbocycles. The Bertz CT molecular complexity index is 1420. The normalized spacial score (nSPS) is 14.2. The molecule has 2 aliphatic rings. The van der Waals surface area contributed by atoms with Crippen LogP contribution in [0.2, 0.25) is 0 Å². The van der Waals surface area contributed by atoms with Crippen LogP contribution >= 0.6 is 45.2 Å². The van der Waals surface area contributed by atoms with E-state index in [1.165, 1.54) is 0 Å². The van der Waals surface area contributed by atoms with Gasteiger partial charge in [-0.2, -0.15) is 10.2 Å². The van der Waals surface area contributed by atoms with Crippen molar-refractivity contribution < 1.29 is 14.7 Å². The van der Waals surface area contributed by atoms with Crippen LogP contribution in [0.3, 0.4) is 0 Å². The van der Waals surface area contributed by atoms with Crippen LogP contribution in [0.1, 0.15) is 69.2 Å². The van der Waals surface area contributed by atoms with Crippen LogP contribution in [0, 0.1) is 7.14 Å². The van der Waals surface area contributed by atoms with E-state index < -0.39 is 11.9 Å². The van der Waals surface area contributed by atoms with Gasteiger partial charge in [0.2, 0.25) is 0 Å². The molecular weight excluding hydrogens is 712 g/mol. The Morgan fingerprint density at radius 2 is 1.21 bits per heavy atom. The van der Waals surface area contributed by atoms with Crippen molar-refractivity contribution in [2.45, 2.75) is 51.4 Å². The zero-order chi connectivity index (χ0) is 26.8.